The summed E-state index contributed by atoms with van der Waals surface area (Å²) in [4.78, 5) is 15.3. The zero-order valence-electron chi connectivity index (χ0n) is 13.0. The quantitative estimate of drug-likeness (QED) is 0.927. The summed E-state index contributed by atoms with van der Waals surface area (Å²) in [6.45, 7) is 5.67. The standard InChI is InChI=1S/C17H21N3OS/c1-17(2)11-20(9-8-15(17)18)16(21)14-10-13(19-22-14)12-6-4-3-5-7-12/h3-7,10,15H,8-9,11,18H2,1-2H3. The van der Waals surface area contributed by atoms with Crippen molar-refractivity contribution in [1.29, 1.82) is 0 Å². The summed E-state index contributed by atoms with van der Waals surface area (Å²) in [5, 5.41) is 0. The number of nitrogens with two attached hydrogens (primary N) is 1. The van der Waals surface area contributed by atoms with E-state index in [1.807, 2.05) is 41.3 Å². The third-order valence-electron chi connectivity index (χ3n) is 4.39. The van der Waals surface area contributed by atoms with Gasteiger partial charge >= 0.3 is 0 Å². The fourth-order valence-corrected chi connectivity index (χ4v) is 3.55. The average Bonchev–Trinajstić information content (AvgIpc) is 3.00. The highest BCUT2D eigenvalue weighted by Crippen LogP contribution is 2.30. The number of rotatable bonds is 2. The van der Waals surface area contributed by atoms with Crippen molar-refractivity contribution in [3.05, 3.63) is 41.3 Å². The first-order valence-electron chi connectivity index (χ1n) is 7.54. The zero-order chi connectivity index (χ0) is 15.7. The highest BCUT2D eigenvalue weighted by Gasteiger charge is 2.36. The molecule has 2 heterocycles. The predicted molar refractivity (Wildman–Crippen MR) is 89.8 cm³/mol. The average molecular weight is 315 g/mol. The highest BCUT2D eigenvalue weighted by atomic mass is 32.1. The van der Waals surface area contributed by atoms with Crippen molar-refractivity contribution in [2.45, 2.75) is 26.3 Å². The number of carbonyl (C=O) groups is 1. The Bertz CT molecular complexity index is 666. The molecule has 1 unspecified atom stereocenters. The first-order chi connectivity index (χ1) is 10.5. The molecule has 4 nitrogen and oxygen atoms in total. The van der Waals surface area contributed by atoms with Crippen LogP contribution < -0.4 is 5.73 Å². The molecule has 1 aromatic carbocycles. The Hall–Kier alpha value is -1.72. The molecular formula is C17H21N3OS. The molecule has 2 aromatic rings. The van der Waals surface area contributed by atoms with Crippen molar-refractivity contribution in [1.82, 2.24) is 9.27 Å². The van der Waals surface area contributed by atoms with Gasteiger partial charge in [0, 0.05) is 24.7 Å². The molecule has 1 aliphatic heterocycles. The summed E-state index contributed by atoms with van der Waals surface area (Å²) in [5.41, 5.74) is 8.01. The normalized spacial score (nSPS) is 20.9. The lowest BCUT2D eigenvalue weighted by Crippen LogP contribution is -2.53. The first-order valence-corrected chi connectivity index (χ1v) is 8.32. The van der Waals surface area contributed by atoms with Gasteiger partial charge in [0.15, 0.2) is 0 Å². The zero-order valence-corrected chi connectivity index (χ0v) is 13.8. The summed E-state index contributed by atoms with van der Waals surface area (Å²) in [7, 11) is 0. The van der Waals surface area contributed by atoms with E-state index in [9.17, 15) is 4.79 Å². The van der Waals surface area contributed by atoms with Crippen LogP contribution in [0, 0.1) is 5.41 Å². The monoisotopic (exact) mass is 315 g/mol. The van der Waals surface area contributed by atoms with E-state index in [1.54, 1.807) is 0 Å². The second-order valence-electron chi connectivity index (χ2n) is 6.55. The molecular weight excluding hydrogens is 294 g/mol. The molecule has 1 saturated heterocycles. The van der Waals surface area contributed by atoms with Crippen LogP contribution in [0.15, 0.2) is 36.4 Å². The smallest absolute Gasteiger partial charge is 0.265 e. The minimum atomic E-state index is -0.0408. The number of hydrogen-bond acceptors (Lipinski definition) is 4. The number of piperidine rings is 1. The lowest BCUT2D eigenvalue weighted by molar-refractivity contribution is 0.0537. The predicted octanol–water partition coefficient (Wildman–Crippen LogP) is 3.01. The summed E-state index contributed by atoms with van der Waals surface area (Å²) in [6, 6.07) is 12.0. The summed E-state index contributed by atoms with van der Waals surface area (Å²) in [6.07, 6.45) is 0.850. The van der Waals surface area contributed by atoms with Crippen LogP contribution in [0.1, 0.15) is 29.9 Å². The van der Waals surface area contributed by atoms with Crippen molar-refractivity contribution in [3.63, 3.8) is 0 Å². The van der Waals surface area contributed by atoms with Gasteiger partial charge in [0.25, 0.3) is 5.91 Å². The first kappa shape index (κ1) is 15.2. The molecule has 0 spiro atoms. The number of amides is 1. The Morgan fingerprint density at radius 3 is 2.77 bits per heavy atom. The van der Waals surface area contributed by atoms with E-state index in [0.29, 0.717) is 11.4 Å². The van der Waals surface area contributed by atoms with Crippen LogP contribution in [0.25, 0.3) is 11.3 Å². The van der Waals surface area contributed by atoms with Gasteiger partial charge in [-0.25, -0.2) is 0 Å². The Morgan fingerprint density at radius 2 is 2.09 bits per heavy atom. The molecule has 0 saturated carbocycles. The molecule has 22 heavy (non-hydrogen) atoms. The third kappa shape index (κ3) is 2.91. The van der Waals surface area contributed by atoms with Gasteiger partial charge in [0.2, 0.25) is 0 Å². The van der Waals surface area contributed by atoms with Gasteiger partial charge in [-0.3, -0.25) is 4.79 Å². The maximum absolute atomic E-state index is 12.7. The van der Waals surface area contributed by atoms with E-state index >= 15 is 0 Å². The molecule has 1 amide bonds. The van der Waals surface area contributed by atoms with Crippen LogP contribution in [0.5, 0.6) is 0 Å². The SMILES string of the molecule is CC1(C)CN(C(=O)c2cc(-c3ccccc3)ns2)CCC1N. The number of aromatic nitrogens is 1. The van der Waals surface area contributed by atoms with Crippen molar-refractivity contribution in [2.75, 3.05) is 13.1 Å². The summed E-state index contributed by atoms with van der Waals surface area (Å²) >= 11 is 1.27. The van der Waals surface area contributed by atoms with E-state index in [1.165, 1.54) is 11.5 Å². The topological polar surface area (TPSA) is 59.2 Å². The number of carbonyl (C=O) groups excluding carboxylic acids is 1. The lowest BCUT2D eigenvalue weighted by Gasteiger charge is -2.42. The molecule has 3 rings (SSSR count). The molecule has 1 aliphatic rings. The molecule has 0 aliphatic carbocycles. The Balaban J connectivity index is 1.78. The van der Waals surface area contributed by atoms with E-state index < -0.39 is 0 Å². The maximum Gasteiger partial charge on any atom is 0.265 e. The van der Waals surface area contributed by atoms with E-state index in [0.717, 1.165) is 24.2 Å². The van der Waals surface area contributed by atoms with E-state index in [-0.39, 0.29) is 17.4 Å². The van der Waals surface area contributed by atoms with Gasteiger partial charge in [-0.1, -0.05) is 44.2 Å². The Labute approximate surface area is 135 Å². The van der Waals surface area contributed by atoms with Gasteiger partial charge in [-0.2, -0.15) is 4.37 Å². The minimum absolute atomic E-state index is 0.0408. The Kier molecular flexibility index (Phi) is 4.02. The van der Waals surface area contributed by atoms with Crippen LogP contribution in [0.4, 0.5) is 0 Å². The van der Waals surface area contributed by atoms with Crippen LogP contribution in [-0.4, -0.2) is 34.3 Å². The third-order valence-corrected chi connectivity index (χ3v) is 5.17. The fourth-order valence-electron chi connectivity index (χ4n) is 2.82. The van der Waals surface area contributed by atoms with Gasteiger partial charge in [0.1, 0.15) is 4.88 Å². The van der Waals surface area contributed by atoms with Crippen LogP contribution in [0.3, 0.4) is 0 Å². The molecule has 5 heteroatoms. The second-order valence-corrected chi connectivity index (χ2v) is 7.36. The van der Waals surface area contributed by atoms with E-state index in [4.69, 9.17) is 5.73 Å². The van der Waals surface area contributed by atoms with Crippen molar-refractivity contribution < 1.29 is 4.79 Å². The number of likely N-dealkylation sites (tertiary alicyclic amines) is 1. The van der Waals surface area contributed by atoms with Crippen molar-refractivity contribution in [2.24, 2.45) is 11.1 Å². The number of nitrogens with zero attached hydrogens (tertiary/aromatic N) is 2. The maximum atomic E-state index is 12.7. The fraction of sp³-hybridized carbons (Fsp3) is 0.412. The lowest BCUT2D eigenvalue weighted by atomic mass is 9.79. The Morgan fingerprint density at radius 1 is 1.36 bits per heavy atom. The summed E-state index contributed by atoms with van der Waals surface area (Å²) < 4.78 is 4.42. The van der Waals surface area contributed by atoms with Crippen molar-refractivity contribution >= 4 is 17.4 Å². The molecule has 2 N–H and O–H groups in total. The van der Waals surface area contributed by atoms with Gasteiger partial charge in [0.05, 0.1) is 5.69 Å². The van der Waals surface area contributed by atoms with Gasteiger partial charge < -0.3 is 10.6 Å². The molecule has 0 radical (unpaired) electrons. The van der Waals surface area contributed by atoms with Crippen LogP contribution >= 0.6 is 11.5 Å². The van der Waals surface area contributed by atoms with Crippen LogP contribution in [0.2, 0.25) is 0 Å². The second kappa shape index (κ2) is 5.82. The number of hydrogen-bond donors (Lipinski definition) is 1. The molecule has 0 bridgehead atoms. The minimum Gasteiger partial charge on any atom is -0.337 e. The summed E-state index contributed by atoms with van der Waals surface area (Å²) in [5.74, 6) is 0.0691. The van der Waals surface area contributed by atoms with Crippen LogP contribution in [-0.2, 0) is 0 Å². The highest BCUT2D eigenvalue weighted by molar-refractivity contribution is 7.08. The molecule has 1 fully saturated rings. The number of benzene rings is 1. The molecule has 1 atom stereocenters. The largest absolute Gasteiger partial charge is 0.337 e. The van der Waals surface area contributed by atoms with Gasteiger partial charge in [-0.05, 0) is 29.4 Å². The molecule has 1 aromatic heterocycles. The molecule has 116 valence electrons. The van der Waals surface area contributed by atoms with Gasteiger partial charge in [-0.15, -0.1) is 0 Å². The van der Waals surface area contributed by atoms with E-state index in [2.05, 4.69) is 18.2 Å². The van der Waals surface area contributed by atoms with Crippen molar-refractivity contribution in [3.8, 4) is 11.3 Å².